The summed E-state index contributed by atoms with van der Waals surface area (Å²) in [6, 6.07) is 7.31. The number of hydrogen-bond donors (Lipinski definition) is 1. The molecule has 1 N–H and O–H groups in total. The maximum absolute atomic E-state index is 13.9. The Labute approximate surface area is 198 Å². The molecule has 0 bridgehead atoms. The van der Waals surface area contributed by atoms with Crippen LogP contribution in [-0.4, -0.2) is 39.7 Å². The van der Waals surface area contributed by atoms with Gasteiger partial charge in [-0.05, 0) is 76.1 Å². The van der Waals surface area contributed by atoms with Gasteiger partial charge in [0.15, 0.2) is 0 Å². The van der Waals surface area contributed by atoms with Gasteiger partial charge in [-0.15, -0.1) is 0 Å². The van der Waals surface area contributed by atoms with Crippen LogP contribution in [0.25, 0.3) is 0 Å². The Hall–Kier alpha value is -1.93. The van der Waals surface area contributed by atoms with Gasteiger partial charge in [0.05, 0.1) is 28.8 Å². The molecule has 2 aliphatic heterocycles. The molecule has 3 atom stereocenters. The zero-order chi connectivity index (χ0) is 23.4. The van der Waals surface area contributed by atoms with Crippen molar-refractivity contribution in [3.8, 4) is 0 Å². The quantitative estimate of drug-likeness (QED) is 0.588. The number of pyridine rings is 1. The molecule has 184 valence electrons. The van der Waals surface area contributed by atoms with Gasteiger partial charge in [0.2, 0.25) is 0 Å². The van der Waals surface area contributed by atoms with Gasteiger partial charge in [0, 0.05) is 30.1 Å². The molecular weight excluding hydrogens is 441 g/mol. The summed E-state index contributed by atoms with van der Waals surface area (Å²) in [6.07, 6.45) is 7.63. The topological polar surface area (TPSA) is 52.0 Å². The Kier molecular flexibility index (Phi) is 5.33. The van der Waals surface area contributed by atoms with Gasteiger partial charge in [-0.3, -0.25) is 9.67 Å². The molecule has 5 nitrogen and oxygen atoms in total. The van der Waals surface area contributed by atoms with Gasteiger partial charge in [-0.2, -0.15) is 18.3 Å². The van der Waals surface area contributed by atoms with Crippen LogP contribution < -0.4 is 5.32 Å². The van der Waals surface area contributed by atoms with Crippen LogP contribution in [-0.2, 0) is 10.2 Å². The summed E-state index contributed by atoms with van der Waals surface area (Å²) in [7, 11) is 0. The Morgan fingerprint density at radius 1 is 1.06 bits per heavy atom. The van der Waals surface area contributed by atoms with E-state index in [0.29, 0.717) is 6.42 Å². The predicted molar refractivity (Wildman–Crippen MR) is 121 cm³/mol. The summed E-state index contributed by atoms with van der Waals surface area (Å²) < 4.78 is 49.6. The Balaban J connectivity index is 1.19. The molecule has 2 aliphatic carbocycles. The fraction of sp³-hybridized carbons (Fsp3) is 0.692. The zero-order valence-corrected chi connectivity index (χ0v) is 19.5. The number of ether oxygens (including phenoxy) is 1. The second kappa shape index (κ2) is 8.05. The van der Waals surface area contributed by atoms with Crippen molar-refractivity contribution in [2.24, 2.45) is 5.41 Å². The van der Waals surface area contributed by atoms with Crippen LogP contribution in [0.2, 0.25) is 0 Å². The van der Waals surface area contributed by atoms with E-state index in [2.05, 4.69) is 22.5 Å². The van der Waals surface area contributed by atoms with Crippen molar-refractivity contribution in [1.82, 2.24) is 20.1 Å². The summed E-state index contributed by atoms with van der Waals surface area (Å²) in [4.78, 5) is 4.76. The van der Waals surface area contributed by atoms with E-state index < -0.39 is 17.6 Å². The molecular formula is C26H33F3N4O. The highest BCUT2D eigenvalue weighted by Gasteiger charge is 2.69. The summed E-state index contributed by atoms with van der Waals surface area (Å²) in [5, 5.41) is 7.93. The standard InChI is InChI=1S/C26H33F3N4O/c27-26(28,29)25(9-10-25)22-17-19(20-6-14-32-33(20)22)30-15-11-23(21-5-1-4-13-31-21)12-16-34-24(18-23)7-2-3-8-24/h1,4-6,13-14,19,22,30H,2-3,7-12,15-18H2/t19?,22?,23-/m1/s1. The van der Waals surface area contributed by atoms with Gasteiger partial charge in [0.25, 0.3) is 0 Å². The lowest BCUT2D eigenvalue weighted by molar-refractivity contribution is -0.200. The maximum Gasteiger partial charge on any atom is 0.396 e. The van der Waals surface area contributed by atoms with Crippen molar-refractivity contribution in [3.05, 3.63) is 48.0 Å². The second-order valence-electron chi connectivity index (χ2n) is 11.0. The van der Waals surface area contributed by atoms with E-state index in [0.717, 1.165) is 56.6 Å². The average molecular weight is 475 g/mol. The number of halogens is 3. The monoisotopic (exact) mass is 474 g/mol. The average Bonchev–Trinajstić information content (AvgIpc) is 3.13. The van der Waals surface area contributed by atoms with Gasteiger partial charge in [-0.1, -0.05) is 18.9 Å². The van der Waals surface area contributed by atoms with Crippen LogP contribution in [0, 0.1) is 5.41 Å². The fourth-order valence-corrected chi connectivity index (χ4v) is 7.17. The minimum Gasteiger partial charge on any atom is -0.375 e. The molecule has 34 heavy (non-hydrogen) atoms. The Morgan fingerprint density at radius 2 is 1.88 bits per heavy atom. The molecule has 2 aromatic heterocycles. The molecule has 6 rings (SSSR count). The lowest BCUT2D eigenvalue weighted by Gasteiger charge is -2.46. The highest BCUT2D eigenvalue weighted by Crippen LogP contribution is 2.67. The number of alkyl halides is 3. The molecule has 2 aromatic rings. The van der Waals surface area contributed by atoms with Gasteiger partial charge in [-0.25, -0.2) is 0 Å². The smallest absolute Gasteiger partial charge is 0.375 e. The van der Waals surface area contributed by atoms with E-state index in [-0.39, 0.29) is 29.9 Å². The van der Waals surface area contributed by atoms with Crippen LogP contribution in [0.15, 0.2) is 36.7 Å². The van der Waals surface area contributed by atoms with Gasteiger partial charge < -0.3 is 10.1 Å². The molecule has 8 heteroatoms. The highest BCUT2D eigenvalue weighted by atomic mass is 19.4. The first-order valence-electron chi connectivity index (χ1n) is 12.8. The summed E-state index contributed by atoms with van der Waals surface area (Å²) in [6.45, 7) is 1.47. The van der Waals surface area contributed by atoms with Crippen molar-refractivity contribution in [2.75, 3.05) is 13.2 Å². The van der Waals surface area contributed by atoms with E-state index in [4.69, 9.17) is 9.72 Å². The molecule has 0 amide bonds. The Morgan fingerprint density at radius 3 is 2.59 bits per heavy atom. The summed E-state index contributed by atoms with van der Waals surface area (Å²) in [5.74, 6) is 0. The predicted octanol–water partition coefficient (Wildman–Crippen LogP) is 5.65. The van der Waals surface area contributed by atoms with Crippen LogP contribution in [0.3, 0.4) is 0 Å². The molecule has 0 radical (unpaired) electrons. The first-order chi connectivity index (χ1) is 16.4. The third kappa shape index (κ3) is 3.60. The van der Waals surface area contributed by atoms with E-state index in [1.165, 1.54) is 12.8 Å². The number of fused-ring (bicyclic) bond motifs is 1. The lowest BCUT2D eigenvalue weighted by atomic mass is 9.68. The SMILES string of the molecule is FC(F)(F)C1(C2CC(NCC[C@@]3(c4ccccn4)CCOC4(CCCC4)C3)c3ccnn32)CC1. The first kappa shape index (κ1) is 22.5. The van der Waals surface area contributed by atoms with Crippen molar-refractivity contribution in [3.63, 3.8) is 0 Å². The van der Waals surface area contributed by atoms with Crippen molar-refractivity contribution in [2.45, 2.75) is 93.5 Å². The number of hydrogen-bond acceptors (Lipinski definition) is 4. The van der Waals surface area contributed by atoms with Crippen molar-refractivity contribution < 1.29 is 17.9 Å². The summed E-state index contributed by atoms with van der Waals surface area (Å²) in [5.41, 5.74) is 0.285. The molecule has 2 saturated carbocycles. The van der Waals surface area contributed by atoms with Crippen molar-refractivity contribution in [1.29, 1.82) is 0 Å². The molecule has 3 fully saturated rings. The maximum atomic E-state index is 13.9. The molecule has 2 unspecified atom stereocenters. The normalized spacial score (nSPS) is 31.6. The van der Waals surface area contributed by atoms with Gasteiger partial charge in [0.1, 0.15) is 0 Å². The zero-order valence-electron chi connectivity index (χ0n) is 19.5. The molecule has 1 saturated heterocycles. The fourth-order valence-electron chi connectivity index (χ4n) is 7.17. The molecule has 1 spiro atoms. The van der Waals surface area contributed by atoms with E-state index in [1.807, 2.05) is 18.3 Å². The highest BCUT2D eigenvalue weighted by molar-refractivity contribution is 5.22. The van der Waals surface area contributed by atoms with Crippen LogP contribution in [0.5, 0.6) is 0 Å². The van der Waals surface area contributed by atoms with E-state index in [1.54, 1.807) is 10.9 Å². The van der Waals surface area contributed by atoms with E-state index >= 15 is 0 Å². The minimum atomic E-state index is -4.18. The second-order valence-corrected chi connectivity index (χ2v) is 11.0. The number of aromatic nitrogens is 3. The third-order valence-corrected chi connectivity index (χ3v) is 9.17. The largest absolute Gasteiger partial charge is 0.396 e. The van der Waals surface area contributed by atoms with E-state index in [9.17, 15) is 13.2 Å². The van der Waals surface area contributed by atoms with Crippen molar-refractivity contribution >= 4 is 0 Å². The summed E-state index contributed by atoms with van der Waals surface area (Å²) >= 11 is 0. The lowest BCUT2D eigenvalue weighted by Crippen LogP contribution is -2.47. The number of nitrogens with zero attached hydrogens (tertiary/aromatic N) is 3. The number of rotatable bonds is 6. The minimum absolute atomic E-state index is 0.0437. The molecule has 0 aromatic carbocycles. The molecule has 4 aliphatic rings. The third-order valence-electron chi connectivity index (χ3n) is 9.17. The van der Waals surface area contributed by atoms with Gasteiger partial charge >= 0.3 is 6.18 Å². The number of nitrogens with one attached hydrogen (secondary N) is 1. The molecule has 4 heterocycles. The van der Waals surface area contributed by atoms with Crippen LogP contribution in [0.4, 0.5) is 13.2 Å². The Bertz CT molecular complexity index is 1010. The van der Waals surface area contributed by atoms with Crippen LogP contribution in [0.1, 0.15) is 87.7 Å². The first-order valence-corrected chi connectivity index (χ1v) is 12.8. The van der Waals surface area contributed by atoms with Crippen LogP contribution >= 0.6 is 0 Å².